The smallest absolute Gasteiger partial charge is 0.105 e. The second kappa shape index (κ2) is 6.18. The molecule has 0 spiro atoms. The van der Waals surface area contributed by atoms with Crippen LogP contribution in [0, 0.1) is 0 Å². The third kappa shape index (κ3) is 4.01. The maximum atomic E-state index is 9.76. The first-order valence-corrected chi connectivity index (χ1v) is 5.77. The van der Waals surface area contributed by atoms with E-state index in [9.17, 15) is 5.11 Å². The summed E-state index contributed by atoms with van der Waals surface area (Å²) >= 11 is 0. The van der Waals surface area contributed by atoms with Crippen LogP contribution in [0.2, 0.25) is 0 Å². The highest BCUT2D eigenvalue weighted by molar-refractivity contribution is 5.14. The summed E-state index contributed by atoms with van der Waals surface area (Å²) in [5.41, 5.74) is 2.22. The van der Waals surface area contributed by atoms with Gasteiger partial charge in [0.15, 0.2) is 0 Å². The molecule has 17 heavy (non-hydrogen) atoms. The molecule has 1 atom stereocenters. The van der Waals surface area contributed by atoms with E-state index in [-0.39, 0.29) is 0 Å². The van der Waals surface area contributed by atoms with Crippen LogP contribution in [-0.2, 0) is 13.0 Å². The van der Waals surface area contributed by atoms with E-state index in [4.69, 9.17) is 0 Å². The van der Waals surface area contributed by atoms with Gasteiger partial charge in [-0.3, -0.25) is 5.32 Å². The molecule has 1 aromatic carbocycles. The van der Waals surface area contributed by atoms with E-state index in [1.165, 1.54) is 5.56 Å². The number of aromatic nitrogens is 2. The van der Waals surface area contributed by atoms with Crippen LogP contribution in [0.3, 0.4) is 0 Å². The molecule has 1 unspecified atom stereocenters. The number of nitrogens with one attached hydrogen (secondary N) is 2. The standard InChI is InChI=1S/C13H17N3O/c17-13(15-9-12-8-14-10-16-12)7-6-11-4-2-1-3-5-11/h1-5,8,10,13,15,17H,6-7,9H2,(H,14,16). The molecule has 2 aromatic rings. The molecule has 0 fully saturated rings. The van der Waals surface area contributed by atoms with Crippen molar-refractivity contribution in [3.05, 3.63) is 54.1 Å². The van der Waals surface area contributed by atoms with E-state index in [2.05, 4.69) is 27.4 Å². The van der Waals surface area contributed by atoms with Gasteiger partial charge >= 0.3 is 0 Å². The number of aliphatic hydroxyl groups excluding tert-OH is 1. The Labute approximate surface area is 101 Å². The average molecular weight is 231 g/mol. The van der Waals surface area contributed by atoms with Crippen LogP contribution in [0.4, 0.5) is 0 Å². The summed E-state index contributed by atoms with van der Waals surface area (Å²) in [6, 6.07) is 10.2. The maximum absolute atomic E-state index is 9.76. The Morgan fingerprint density at radius 2 is 2.12 bits per heavy atom. The molecule has 0 amide bonds. The first-order chi connectivity index (χ1) is 8.34. The third-order valence-corrected chi connectivity index (χ3v) is 2.63. The van der Waals surface area contributed by atoms with Crippen molar-refractivity contribution < 1.29 is 5.11 Å². The van der Waals surface area contributed by atoms with Crippen molar-refractivity contribution in [3.63, 3.8) is 0 Å². The zero-order valence-corrected chi connectivity index (χ0v) is 9.63. The van der Waals surface area contributed by atoms with E-state index >= 15 is 0 Å². The Kier molecular flexibility index (Phi) is 4.30. The van der Waals surface area contributed by atoms with E-state index in [1.807, 2.05) is 18.2 Å². The average Bonchev–Trinajstić information content (AvgIpc) is 2.88. The van der Waals surface area contributed by atoms with E-state index in [0.717, 1.165) is 12.1 Å². The van der Waals surface area contributed by atoms with Crippen LogP contribution in [0.5, 0.6) is 0 Å². The van der Waals surface area contributed by atoms with Crippen LogP contribution in [-0.4, -0.2) is 21.3 Å². The lowest BCUT2D eigenvalue weighted by Gasteiger charge is -2.11. The summed E-state index contributed by atoms with van der Waals surface area (Å²) < 4.78 is 0. The highest BCUT2D eigenvalue weighted by Crippen LogP contribution is 2.04. The first kappa shape index (κ1) is 11.8. The fourth-order valence-electron chi connectivity index (χ4n) is 1.66. The van der Waals surface area contributed by atoms with Gasteiger partial charge in [-0.15, -0.1) is 0 Å². The normalized spacial score (nSPS) is 12.5. The molecule has 0 saturated carbocycles. The van der Waals surface area contributed by atoms with E-state index < -0.39 is 6.23 Å². The number of H-pyrrole nitrogens is 1. The summed E-state index contributed by atoms with van der Waals surface area (Å²) in [4.78, 5) is 6.90. The molecule has 90 valence electrons. The Bertz CT molecular complexity index is 413. The van der Waals surface area contributed by atoms with Gasteiger partial charge in [0.05, 0.1) is 6.33 Å². The number of rotatable bonds is 6. The molecule has 0 aliphatic rings. The number of hydrogen-bond donors (Lipinski definition) is 3. The van der Waals surface area contributed by atoms with Gasteiger partial charge in [0.1, 0.15) is 6.23 Å². The van der Waals surface area contributed by atoms with Gasteiger partial charge in [-0.1, -0.05) is 30.3 Å². The maximum Gasteiger partial charge on any atom is 0.105 e. The minimum atomic E-state index is -0.487. The predicted octanol–water partition coefficient (Wildman–Crippen LogP) is 1.45. The zero-order valence-electron chi connectivity index (χ0n) is 9.63. The second-order valence-corrected chi connectivity index (χ2v) is 4.00. The molecule has 0 aliphatic heterocycles. The lowest BCUT2D eigenvalue weighted by Crippen LogP contribution is -2.28. The van der Waals surface area contributed by atoms with Gasteiger partial charge in [0.2, 0.25) is 0 Å². The molecule has 2 rings (SSSR count). The van der Waals surface area contributed by atoms with Crippen LogP contribution >= 0.6 is 0 Å². The van der Waals surface area contributed by atoms with Gasteiger partial charge in [-0.2, -0.15) is 0 Å². The molecular formula is C13H17N3O. The number of aliphatic hydroxyl groups is 1. The monoisotopic (exact) mass is 231 g/mol. The molecule has 3 N–H and O–H groups in total. The number of aromatic amines is 1. The molecule has 1 heterocycles. The topological polar surface area (TPSA) is 60.9 Å². The Balaban J connectivity index is 1.69. The number of hydrogen-bond acceptors (Lipinski definition) is 3. The van der Waals surface area contributed by atoms with Crippen molar-refractivity contribution in [1.82, 2.24) is 15.3 Å². The van der Waals surface area contributed by atoms with Gasteiger partial charge in [0.25, 0.3) is 0 Å². The van der Waals surface area contributed by atoms with Crippen molar-refractivity contribution >= 4 is 0 Å². The highest BCUT2D eigenvalue weighted by Gasteiger charge is 2.04. The van der Waals surface area contributed by atoms with Crippen molar-refractivity contribution in [2.75, 3.05) is 0 Å². The predicted molar refractivity (Wildman–Crippen MR) is 66.2 cm³/mol. The zero-order chi connectivity index (χ0) is 11.9. The van der Waals surface area contributed by atoms with Crippen molar-refractivity contribution in [2.45, 2.75) is 25.6 Å². The SMILES string of the molecule is OC(CCc1ccccc1)NCc1cnc[nH]1. The lowest BCUT2D eigenvalue weighted by atomic mass is 10.1. The van der Waals surface area contributed by atoms with Crippen molar-refractivity contribution in [3.8, 4) is 0 Å². The quantitative estimate of drug-likeness (QED) is 0.659. The summed E-state index contributed by atoms with van der Waals surface area (Å²) in [5, 5.41) is 12.8. The molecule has 4 nitrogen and oxygen atoms in total. The summed E-state index contributed by atoms with van der Waals surface area (Å²) in [6.07, 6.45) is 4.47. The third-order valence-electron chi connectivity index (χ3n) is 2.63. The number of nitrogens with zero attached hydrogens (tertiary/aromatic N) is 1. The van der Waals surface area contributed by atoms with Crippen LogP contribution in [0.15, 0.2) is 42.9 Å². The summed E-state index contributed by atoms with van der Waals surface area (Å²) in [5.74, 6) is 0. The molecule has 0 saturated heterocycles. The molecule has 4 heteroatoms. The van der Waals surface area contributed by atoms with Crippen molar-refractivity contribution in [2.24, 2.45) is 0 Å². The largest absolute Gasteiger partial charge is 0.379 e. The van der Waals surface area contributed by atoms with Gasteiger partial charge < -0.3 is 10.1 Å². The molecule has 0 bridgehead atoms. The fraction of sp³-hybridized carbons (Fsp3) is 0.308. The second-order valence-electron chi connectivity index (χ2n) is 4.00. The van der Waals surface area contributed by atoms with E-state index in [1.54, 1.807) is 12.5 Å². The van der Waals surface area contributed by atoms with Gasteiger partial charge in [0, 0.05) is 18.4 Å². The summed E-state index contributed by atoms with van der Waals surface area (Å²) in [7, 11) is 0. The van der Waals surface area contributed by atoms with Gasteiger partial charge in [-0.05, 0) is 18.4 Å². The van der Waals surface area contributed by atoms with Gasteiger partial charge in [-0.25, -0.2) is 4.98 Å². The van der Waals surface area contributed by atoms with E-state index in [0.29, 0.717) is 13.0 Å². The van der Waals surface area contributed by atoms with Crippen LogP contribution in [0.1, 0.15) is 17.7 Å². The first-order valence-electron chi connectivity index (χ1n) is 5.77. The molecule has 1 aromatic heterocycles. The van der Waals surface area contributed by atoms with Crippen molar-refractivity contribution in [1.29, 1.82) is 0 Å². The van der Waals surface area contributed by atoms with Crippen LogP contribution < -0.4 is 5.32 Å². The number of benzene rings is 1. The molecule has 0 radical (unpaired) electrons. The molecule has 0 aliphatic carbocycles. The minimum Gasteiger partial charge on any atom is -0.379 e. The highest BCUT2D eigenvalue weighted by atomic mass is 16.3. The Morgan fingerprint density at radius 1 is 1.29 bits per heavy atom. The Hall–Kier alpha value is -1.65. The lowest BCUT2D eigenvalue weighted by molar-refractivity contribution is 0.126. The summed E-state index contributed by atoms with van der Waals surface area (Å²) in [6.45, 7) is 0.607. The molecular weight excluding hydrogens is 214 g/mol. The van der Waals surface area contributed by atoms with Crippen LogP contribution in [0.25, 0.3) is 0 Å². The number of imidazole rings is 1. The minimum absolute atomic E-state index is 0.487. The fourth-order valence-corrected chi connectivity index (χ4v) is 1.66. The number of aryl methyl sites for hydroxylation is 1. The Morgan fingerprint density at radius 3 is 2.82 bits per heavy atom.